The maximum atomic E-state index is 12.3. The highest BCUT2D eigenvalue weighted by molar-refractivity contribution is 7.92. The zero-order valence-electron chi connectivity index (χ0n) is 19.4. The van der Waals surface area contributed by atoms with Gasteiger partial charge in [-0.2, -0.15) is 0 Å². The van der Waals surface area contributed by atoms with Crippen LogP contribution in [0.15, 0.2) is 42.5 Å². The minimum absolute atomic E-state index is 0.0374. The third-order valence-corrected chi connectivity index (χ3v) is 6.59. The van der Waals surface area contributed by atoms with Gasteiger partial charge in [-0.3, -0.25) is 9.10 Å². The van der Waals surface area contributed by atoms with E-state index in [4.69, 9.17) is 0 Å². The molecule has 0 aliphatic heterocycles. The first-order valence-electron chi connectivity index (χ1n) is 11.0. The normalized spacial score (nSPS) is 11.5. The van der Waals surface area contributed by atoms with E-state index >= 15 is 0 Å². The molecule has 31 heavy (non-hydrogen) atoms. The highest BCUT2D eigenvalue weighted by atomic mass is 32.2. The second-order valence-corrected chi connectivity index (χ2v) is 10.5. The topological polar surface area (TPSA) is 66.5 Å². The van der Waals surface area contributed by atoms with Gasteiger partial charge in [-0.25, -0.2) is 8.42 Å². The number of hydrogen-bond donors (Lipinski definition) is 1. The second-order valence-electron chi connectivity index (χ2n) is 8.58. The summed E-state index contributed by atoms with van der Waals surface area (Å²) in [7, 11) is -3.41. The van der Waals surface area contributed by atoms with Gasteiger partial charge in [0.2, 0.25) is 15.9 Å². The molecule has 0 heterocycles. The summed E-state index contributed by atoms with van der Waals surface area (Å²) in [6.07, 6.45) is 3.79. The summed E-state index contributed by atoms with van der Waals surface area (Å²) < 4.78 is 26.0. The first-order valence-corrected chi connectivity index (χ1v) is 12.8. The average Bonchev–Trinajstić information content (AvgIpc) is 2.70. The van der Waals surface area contributed by atoms with Crippen molar-refractivity contribution in [3.8, 4) is 0 Å². The molecule has 0 atom stereocenters. The predicted octanol–water partition coefficient (Wildman–Crippen LogP) is 4.72. The number of benzene rings is 2. The van der Waals surface area contributed by atoms with Crippen molar-refractivity contribution in [1.82, 2.24) is 5.32 Å². The monoisotopic (exact) mass is 444 g/mol. The van der Waals surface area contributed by atoms with Gasteiger partial charge in [0.25, 0.3) is 0 Å². The summed E-state index contributed by atoms with van der Waals surface area (Å²) in [5, 5.41) is 2.95. The van der Waals surface area contributed by atoms with Gasteiger partial charge in [0.1, 0.15) is 0 Å². The van der Waals surface area contributed by atoms with E-state index in [9.17, 15) is 13.2 Å². The molecule has 0 fully saturated rings. The minimum Gasteiger partial charge on any atom is -0.356 e. The summed E-state index contributed by atoms with van der Waals surface area (Å²) >= 11 is 0. The van der Waals surface area contributed by atoms with E-state index in [0.29, 0.717) is 37.5 Å². The van der Waals surface area contributed by atoms with Gasteiger partial charge < -0.3 is 5.32 Å². The Balaban J connectivity index is 1.77. The molecule has 0 aliphatic rings. The van der Waals surface area contributed by atoms with Crippen molar-refractivity contribution in [3.63, 3.8) is 0 Å². The van der Waals surface area contributed by atoms with Crippen LogP contribution in [0.1, 0.15) is 61.3 Å². The first-order chi connectivity index (χ1) is 14.6. The minimum atomic E-state index is -3.41. The molecule has 0 unspecified atom stereocenters. The number of carbonyl (C=O) groups excluding carboxylic acids is 1. The Hall–Kier alpha value is -2.34. The first kappa shape index (κ1) is 24.9. The van der Waals surface area contributed by atoms with Gasteiger partial charge in [-0.15, -0.1) is 0 Å². The van der Waals surface area contributed by atoms with Crippen molar-refractivity contribution >= 4 is 21.6 Å². The van der Waals surface area contributed by atoms with Crippen LogP contribution in [0.4, 0.5) is 5.69 Å². The lowest BCUT2D eigenvalue weighted by Gasteiger charge is -2.24. The maximum Gasteiger partial charge on any atom is 0.232 e. The van der Waals surface area contributed by atoms with Crippen molar-refractivity contribution in [3.05, 3.63) is 64.7 Å². The van der Waals surface area contributed by atoms with Gasteiger partial charge in [0.05, 0.1) is 11.9 Å². The number of sulfonamides is 1. The lowest BCUT2D eigenvalue weighted by molar-refractivity contribution is -0.121. The zero-order chi connectivity index (χ0) is 23.0. The summed E-state index contributed by atoms with van der Waals surface area (Å²) in [6, 6.07) is 14.4. The molecule has 5 nitrogen and oxygen atoms in total. The molecule has 0 radical (unpaired) electrons. The molecular formula is C25H36N2O3S. The fourth-order valence-electron chi connectivity index (χ4n) is 3.51. The molecule has 2 aromatic rings. The fourth-order valence-corrected chi connectivity index (χ4v) is 4.53. The molecule has 1 N–H and O–H groups in total. The Labute approximate surface area is 187 Å². The SMILES string of the molecule is Cc1ccc(C)c(N(CCCC(=O)NCCCc2ccc(C(C)C)cc2)S(C)(=O)=O)c1. The number of rotatable bonds is 11. The average molecular weight is 445 g/mol. The number of nitrogens with zero attached hydrogens (tertiary/aromatic N) is 1. The van der Waals surface area contributed by atoms with E-state index in [0.717, 1.165) is 24.0 Å². The summed E-state index contributed by atoms with van der Waals surface area (Å²) in [5.74, 6) is 0.492. The van der Waals surface area contributed by atoms with E-state index < -0.39 is 10.0 Å². The van der Waals surface area contributed by atoms with Crippen molar-refractivity contribution in [2.24, 2.45) is 0 Å². The number of aryl methyl sites for hydroxylation is 3. The van der Waals surface area contributed by atoms with Crippen LogP contribution in [-0.4, -0.2) is 33.7 Å². The Bertz CT molecular complexity index is 967. The Morgan fingerprint density at radius 3 is 2.32 bits per heavy atom. The number of amides is 1. The van der Waals surface area contributed by atoms with Crippen LogP contribution in [0.25, 0.3) is 0 Å². The molecule has 0 spiro atoms. The standard InChI is InChI=1S/C25H36N2O3S/c1-19(2)23-14-12-22(13-15-23)8-6-16-26-25(28)9-7-17-27(31(5,29)30)24-18-20(3)10-11-21(24)4/h10-15,18-19H,6-9,16-17H2,1-5H3,(H,26,28). The van der Waals surface area contributed by atoms with Gasteiger partial charge in [0.15, 0.2) is 0 Å². The Morgan fingerprint density at radius 1 is 1.03 bits per heavy atom. The van der Waals surface area contributed by atoms with Crippen LogP contribution in [0.5, 0.6) is 0 Å². The van der Waals surface area contributed by atoms with Gasteiger partial charge in [-0.05, 0) is 67.3 Å². The van der Waals surface area contributed by atoms with Crippen LogP contribution >= 0.6 is 0 Å². The molecule has 170 valence electrons. The number of nitrogens with one attached hydrogen (secondary N) is 1. The number of carbonyl (C=O) groups is 1. The molecule has 0 aliphatic carbocycles. The van der Waals surface area contributed by atoms with E-state index in [1.54, 1.807) is 0 Å². The second kappa shape index (κ2) is 11.3. The van der Waals surface area contributed by atoms with Crippen LogP contribution in [0, 0.1) is 13.8 Å². The summed E-state index contributed by atoms with van der Waals surface area (Å²) in [6.45, 7) is 9.12. The van der Waals surface area contributed by atoms with Crippen LogP contribution in [0.2, 0.25) is 0 Å². The molecule has 0 saturated carbocycles. The third-order valence-electron chi connectivity index (χ3n) is 5.41. The van der Waals surface area contributed by atoms with Crippen LogP contribution < -0.4 is 9.62 Å². The van der Waals surface area contributed by atoms with E-state index in [-0.39, 0.29) is 5.91 Å². The van der Waals surface area contributed by atoms with Crippen LogP contribution in [0.3, 0.4) is 0 Å². The lowest BCUT2D eigenvalue weighted by atomic mass is 10.0. The van der Waals surface area contributed by atoms with E-state index in [1.165, 1.54) is 21.7 Å². The molecule has 2 aromatic carbocycles. The van der Waals surface area contributed by atoms with Crippen molar-refractivity contribution in [2.75, 3.05) is 23.7 Å². The third kappa shape index (κ3) is 8.02. The molecule has 0 saturated heterocycles. The maximum absolute atomic E-state index is 12.3. The van der Waals surface area contributed by atoms with E-state index in [1.807, 2.05) is 32.0 Å². The van der Waals surface area contributed by atoms with E-state index in [2.05, 4.69) is 43.4 Å². The van der Waals surface area contributed by atoms with Crippen LogP contribution in [-0.2, 0) is 21.2 Å². The molecule has 0 aromatic heterocycles. The van der Waals surface area contributed by atoms with Gasteiger partial charge in [-0.1, -0.05) is 50.2 Å². The largest absolute Gasteiger partial charge is 0.356 e. The molecule has 0 bridgehead atoms. The lowest BCUT2D eigenvalue weighted by Crippen LogP contribution is -2.33. The Kier molecular flexibility index (Phi) is 9.11. The number of anilines is 1. The van der Waals surface area contributed by atoms with Crippen molar-refractivity contribution in [1.29, 1.82) is 0 Å². The molecule has 2 rings (SSSR count). The van der Waals surface area contributed by atoms with Gasteiger partial charge >= 0.3 is 0 Å². The predicted molar refractivity (Wildman–Crippen MR) is 129 cm³/mol. The van der Waals surface area contributed by atoms with Gasteiger partial charge in [0, 0.05) is 19.5 Å². The summed E-state index contributed by atoms with van der Waals surface area (Å²) in [5.41, 5.74) is 5.20. The fraction of sp³-hybridized carbons (Fsp3) is 0.480. The van der Waals surface area contributed by atoms with Crippen molar-refractivity contribution in [2.45, 2.75) is 59.3 Å². The molecule has 1 amide bonds. The quantitative estimate of drug-likeness (QED) is 0.510. The zero-order valence-corrected chi connectivity index (χ0v) is 20.3. The molecular weight excluding hydrogens is 408 g/mol. The highest BCUT2D eigenvalue weighted by Gasteiger charge is 2.19. The smallest absolute Gasteiger partial charge is 0.232 e. The van der Waals surface area contributed by atoms with Crippen molar-refractivity contribution < 1.29 is 13.2 Å². The highest BCUT2D eigenvalue weighted by Crippen LogP contribution is 2.24. The number of hydrogen-bond acceptors (Lipinski definition) is 3. The summed E-state index contributed by atoms with van der Waals surface area (Å²) in [4.78, 5) is 12.2. The molecule has 6 heteroatoms. The Morgan fingerprint density at radius 2 is 1.71 bits per heavy atom.